The molecule has 0 fully saturated rings. The number of sulfonamides is 1. The van der Waals surface area contributed by atoms with Gasteiger partial charge in [0.2, 0.25) is 21.8 Å². The highest BCUT2D eigenvalue weighted by atomic mass is 32.2. The highest BCUT2D eigenvalue weighted by Crippen LogP contribution is 2.24. The molecule has 186 valence electrons. The molecule has 0 radical (unpaired) electrons. The summed E-state index contributed by atoms with van der Waals surface area (Å²) in [5.74, 6) is -0.687. The molecule has 34 heavy (non-hydrogen) atoms. The lowest BCUT2D eigenvalue weighted by atomic mass is 10.1. The lowest BCUT2D eigenvalue weighted by Crippen LogP contribution is -2.51. The molecule has 8 heteroatoms. The monoisotopic (exact) mass is 487 g/mol. The molecule has 7 nitrogen and oxygen atoms in total. The van der Waals surface area contributed by atoms with Gasteiger partial charge in [-0.1, -0.05) is 62.7 Å². The van der Waals surface area contributed by atoms with Crippen molar-refractivity contribution >= 4 is 27.5 Å². The van der Waals surface area contributed by atoms with E-state index in [1.165, 1.54) is 4.90 Å². The van der Waals surface area contributed by atoms with Crippen LogP contribution in [0.4, 0.5) is 5.69 Å². The smallest absolute Gasteiger partial charge is 0.244 e. The van der Waals surface area contributed by atoms with Crippen LogP contribution in [0.2, 0.25) is 0 Å². The van der Waals surface area contributed by atoms with Crippen molar-refractivity contribution in [3.8, 4) is 0 Å². The van der Waals surface area contributed by atoms with E-state index in [0.717, 1.165) is 40.1 Å². The lowest BCUT2D eigenvalue weighted by Gasteiger charge is -2.32. The molecule has 0 aliphatic rings. The topological polar surface area (TPSA) is 86.8 Å². The van der Waals surface area contributed by atoms with Crippen molar-refractivity contribution in [2.75, 3.05) is 23.7 Å². The molecule has 2 amide bonds. The van der Waals surface area contributed by atoms with Gasteiger partial charge in [-0.15, -0.1) is 0 Å². The fraction of sp³-hybridized carbons (Fsp3) is 0.462. The number of hydrogen-bond donors (Lipinski definition) is 1. The number of anilines is 1. The highest BCUT2D eigenvalue weighted by Gasteiger charge is 2.30. The van der Waals surface area contributed by atoms with Crippen LogP contribution in [-0.4, -0.2) is 50.5 Å². The van der Waals surface area contributed by atoms with Gasteiger partial charge in [0.05, 0.1) is 11.9 Å². The van der Waals surface area contributed by atoms with Gasteiger partial charge in [0.15, 0.2) is 0 Å². The van der Waals surface area contributed by atoms with Crippen molar-refractivity contribution in [2.45, 2.75) is 59.5 Å². The molecular weight excluding hydrogens is 450 g/mol. The van der Waals surface area contributed by atoms with E-state index in [0.29, 0.717) is 18.7 Å². The first-order chi connectivity index (χ1) is 16.1. The summed E-state index contributed by atoms with van der Waals surface area (Å²) in [4.78, 5) is 27.9. The molecule has 0 aliphatic heterocycles. The molecular formula is C26H37N3O4S. The number of aryl methyl sites for hydroxylation is 2. The maximum atomic E-state index is 13.6. The molecule has 1 atom stereocenters. The number of carbonyl (C=O) groups is 2. The minimum Gasteiger partial charge on any atom is -0.354 e. The highest BCUT2D eigenvalue weighted by molar-refractivity contribution is 7.92. The Morgan fingerprint density at radius 1 is 1.00 bits per heavy atom. The summed E-state index contributed by atoms with van der Waals surface area (Å²) < 4.78 is 26.6. The normalized spacial score (nSPS) is 12.1. The Balaban J connectivity index is 2.40. The Kier molecular flexibility index (Phi) is 10.1. The van der Waals surface area contributed by atoms with Gasteiger partial charge in [0, 0.05) is 13.1 Å². The Morgan fingerprint density at radius 3 is 2.21 bits per heavy atom. The van der Waals surface area contributed by atoms with E-state index in [-0.39, 0.29) is 19.0 Å². The molecule has 0 spiro atoms. The maximum absolute atomic E-state index is 13.6. The number of nitrogens with one attached hydrogen (secondary N) is 1. The molecule has 0 unspecified atom stereocenters. The minimum absolute atomic E-state index is 0.209. The maximum Gasteiger partial charge on any atom is 0.244 e. The van der Waals surface area contributed by atoms with Crippen molar-refractivity contribution < 1.29 is 18.0 Å². The van der Waals surface area contributed by atoms with Crippen LogP contribution in [0.3, 0.4) is 0 Å². The predicted molar refractivity (Wildman–Crippen MR) is 137 cm³/mol. The number of rotatable bonds is 12. The van der Waals surface area contributed by atoms with Crippen molar-refractivity contribution in [3.63, 3.8) is 0 Å². The van der Waals surface area contributed by atoms with Crippen LogP contribution < -0.4 is 9.62 Å². The number of amides is 2. The van der Waals surface area contributed by atoms with Crippen LogP contribution >= 0.6 is 0 Å². The summed E-state index contributed by atoms with van der Waals surface area (Å²) in [7, 11) is -3.74. The van der Waals surface area contributed by atoms with Crippen molar-refractivity contribution in [1.82, 2.24) is 10.2 Å². The molecule has 0 saturated heterocycles. The summed E-state index contributed by atoms with van der Waals surface area (Å²) in [5, 5.41) is 2.89. The Hall–Kier alpha value is -2.87. The summed E-state index contributed by atoms with van der Waals surface area (Å²) in [6.45, 7) is 7.97. The van der Waals surface area contributed by atoms with Crippen LogP contribution in [0.25, 0.3) is 0 Å². The fourth-order valence-electron chi connectivity index (χ4n) is 3.74. The van der Waals surface area contributed by atoms with Crippen molar-refractivity contribution in [3.05, 3.63) is 65.2 Å². The Labute approximate surface area is 204 Å². The van der Waals surface area contributed by atoms with Crippen LogP contribution in [0.15, 0.2) is 48.5 Å². The molecule has 0 heterocycles. The van der Waals surface area contributed by atoms with E-state index in [4.69, 9.17) is 0 Å². The van der Waals surface area contributed by atoms with Crippen LogP contribution in [0.5, 0.6) is 0 Å². The molecule has 0 saturated carbocycles. The van der Waals surface area contributed by atoms with Gasteiger partial charge in [-0.3, -0.25) is 13.9 Å². The number of nitrogens with zero attached hydrogens (tertiary/aromatic N) is 2. The average molecular weight is 488 g/mol. The second kappa shape index (κ2) is 12.6. The van der Waals surface area contributed by atoms with E-state index in [1.807, 2.05) is 57.2 Å². The zero-order valence-electron chi connectivity index (χ0n) is 20.9. The van der Waals surface area contributed by atoms with E-state index in [1.54, 1.807) is 19.1 Å². The number of benzene rings is 2. The van der Waals surface area contributed by atoms with Gasteiger partial charge >= 0.3 is 0 Å². The van der Waals surface area contributed by atoms with E-state index < -0.39 is 22.0 Å². The van der Waals surface area contributed by atoms with Gasteiger partial charge in [0.1, 0.15) is 12.6 Å². The van der Waals surface area contributed by atoms with Crippen LogP contribution in [0, 0.1) is 6.92 Å². The second-order valence-corrected chi connectivity index (χ2v) is 10.4. The molecule has 0 bridgehead atoms. The first-order valence-electron chi connectivity index (χ1n) is 11.8. The zero-order valence-corrected chi connectivity index (χ0v) is 21.7. The third-order valence-electron chi connectivity index (χ3n) is 5.92. The van der Waals surface area contributed by atoms with E-state index >= 15 is 0 Å². The van der Waals surface area contributed by atoms with Gasteiger partial charge in [-0.2, -0.15) is 0 Å². The summed E-state index contributed by atoms with van der Waals surface area (Å²) in [5.41, 5.74) is 3.22. The van der Waals surface area contributed by atoms with Gasteiger partial charge in [0.25, 0.3) is 0 Å². The minimum atomic E-state index is -3.74. The first kappa shape index (κ1) is 27.4. The summed E-state index contributed by atoms with van der Waals surface area (Å²) in [6, 6.07) is 14.1. The number of unbranched alkanes of at least 4 members (excludes halogenated alkanes) is 1. The Bertz CT molecular complexity index is 1080. The predicted octanol–water partition coefficient (Wildman–Crippen LogP) is 3.66. The van der Waals surface area contributed by atoms with Gasteiger partial charge in [-0.05, 0) is 49.4 Å². The molecule has 2 rings (SSSR count). The molecule has 0 aromatic heterocycles. The number of hydrogen-bond acceptors (Lipinski definition) is 4. The third kappa shape index (κ3) is 7.32. The molecule has 2 aromatic carbocycles. The van der Waals surface area contributed by atoms with Crippen molar-refractivity contribution in [1.29, 1.82) is 0 Å². The standard InChI is InChI=1S/C26H37N3O4S/c1-6-8-17-27-26(31)21(4)28(18-23-15-10-9-13-20(23)3)25(30)19-29(34(5,32)33)24-16-12-11-14-22(24)7-2/h9-16,21H,6-8,17-19H2,1-5H3,(H,27,31)/t21-/m1/s1. The number of carbonyl (C=O) groups excluding carboxylic acids is 2. The summed E-state index contributed by atoms with van der Waals surface area (Å²) >= 11 is 0. The first-order valence-corrected chi connectivity index (χ1v) is 13.6. The van der Waals surface area contributed by atoms with Crippen molar-refractivity contribution in [2.24, 2.45) is 0 Å². The lowest BCUT2D eigenvalue weighted by molar-refractivity contribution is -0.139. The fourth-order valence-corrected chi connectivity index (χ4v) is 4.62. The van der Waals surface area contributed by atoms with Crippen LogP contribution in [-0.2, 0) is 32.6 Å². The second-order valence-electron chi connectivity index (χ2n) is 8.52. The zero-order chi connectivity index (χ0) is 25.3. The van der Waals surface area contributed by atoms with Crippen LogP contribution in [0.1, 0.15) is 50.3 Å². The SMILES string of the molecule is CCCCNC(=O)[C@@H](C)N(Cc1ccccc1C)C(=O)CN(c1ccccc1CC)S(C)(=O)=O. The average Bonchev–Trinajstić information content (AvgIpc) is 2.80. The van der Waals surface area contributed by atoms with E-state index in [9.17, 15) is 18.0 Å². The largest absolute Gasteiger partial charge is 0.354 e. The quantitative estimate of drug-likeness (QED) is 0.463. The number of para-hydroxylation sites is 1. The Morgan fingerprint density at radius 2 is 1.62 bits per heavy atom. The van der Waals surface area contributed by atoms with Gasteiger partial charge < -0.3 is 10.2 Å². The molecule has 2 aromatic rings. The van der Waals surface area contributed by atoms with E-state index in [2.05, 4.69) is 5.32 Å². The summed E-state index contributed by atoms with van der Waals surface area (Å²) in [6.07, 6.45) is 3.51. The third-order valence-corrected chi connectivity index (χ3v) is 7.05. The van der Waals surface area contributed by atoms with Gasteiger partial charge in [-0.25, -0.2) is 8.42 Å². The molecule has 0 aliphatic carbocycles. The molecule has 1 N–H and O–H groups in total.